The van der Waals surface area contributed by atoms with Gasteiger partial charge in [-0.3, -0.25) is 14.5 Å². The van der Waals surface area contributed by atoms with Crippen LogP contribution >= 0.6 is 11.3 Å². The van der Waals surface area contributed by atoms with E-state index in [1.165, 1.54) is 11.3 Å². The third kappa shape index (κ3) is 3.11. The van der Waals surface area contributed by atoms with E-state index in [1.807, 2.05) is 43.3 Å². The van der Waals surface area contributed by atoms with Crippen molar-refractivity contribution in [2.75, 3.05) is 11.9 Å². The van der Waals surface area contributed by atoms with Gasteiger partial charge in [0.1, 0.15) is 12.1 Å². The molecular formula is C20H18N4O3S. The highest BCUT2D eigenvalue weighted by molar-refractivity contribution is 7.22. The maximum Gasteiger partial charge on any atom is 0.325 e. The van der Waals surface area contributed by atoms with Gasteiger partial charge in [-0.2, -0.15) is 0 Å². The van der Waals surface area contributed by atoms with Gasteiger partial charge in [-0.1, -0.05) is 53.3 Å². The first kappa shape index (κ1) is 18.1. The Hall–Kier alpha value is -3.26. The molecule has 0 unspecified atom stereocenters. The van der Waals surface area contributed by atoms with Crippen LogP contribution in [0.25, 0.3) is 10.2 Å². The molecule has 3 aromatic rings. The lowest BCUT2D eigenvalue weighted by atomic mass is 9.91. The third-order valence-corrected chi connectivity index (χ3v) is 5.70. The summed E-state index contributed by atoms with van der Waals surface area (Å²) in [5.41, 5.74) is 1.31. The fraction of sp³-hybridized carbons (Fsp3) is 0.200. The Balaban J connectivity index is 1.49. The molecular weight excluding hydrogens is 376 g/mol. The molecule has 142 valence electrons. The average molecular weight is 394 g/mol. The number of nitrogens with one attached hydrogen (secondary N) is 2. The zero-order chi connectivity index (χ0) is 19.9. The quantitative estimate of drug-likeness (QED) is 0.666. The number of imide groups is 1. The summed E-state index contributed by atoms with van der Waals surface area (Å²) in [7, 11) is 0. The molecule has 4 rings (SSSR count). The molecule has 1 aliphatic heterocycles. The second-order valence-corrected chi connectivity index (χ2v) is 7.88. The molecule has 7 nitrogen and oxygen atoms in total. The van der Waals surface area contributed by atoms with E-state index in [1.54, 1.807) is 19.1 Å². The van der Waals surface area contributed by atoms with Crippen LogP contribution in [0.3, 0.4) is 0 Å². The van der Waals surface area contributed by atoms with Crippen molar-refractivity contribution < 1.29 is 14.4 Å². The smallest absolute Gasteiger partial charge is 0.319 e. The molecule has 1 atom stereocenters. The number of carbonyl (C=O) groups excluding carboxylic acids is 3. The number of rotatable bonds is 4. The number of fused-ring (bicyclic) bond motifs is 1. The summed E-state index contributed by atoms with van der Waals surface area (Å²) < 4.78 is 0.944. The highest BCUT2D eigenvalue weighted by atomic mass is 32.1. The van der Waals surface area contributed by atoms with E-state index < -0.39 is 23.4 Å². The fourth-order valence-corrected chi connectivity index (χ4v) is 4.03. The van der Waals surface area contributed by atoms with Gasteiger partial charge in [0.15, 0.2) is 5.13 Å². The standard InChI is InChI=1S/C20H18N4O3S/c1-12-7-9-13(10-8-12)20(2)17(26)24(19(27)23-20)11-16(25)22-18-21-14-5-3-4-6-15(14)28-18/h3-10H,11H2,1-2H3,(H,23,27)(H,21,22,25)/t20-/m0/s1. The number of para-hydroxylation sites is 1. The average Bonchev–Trinajstić information content (AvgIpc) is 3.16. The lowest BCUT2D eigenvalue weighted by Gasteiger charge is -2.22. The van der Waals surface area contributed by atoms with Gasteiger partial charge in [0, 0.05) is 0 Å². The Morgan fingerprint density at radius 3 is 2.61 bits per heavy atom. The number of hydrogen-bond donors (Lipinski definition) is 2. The number of hydrogen-bond acceptors (Lipinski definition) is 5. The molecule has 0 aliphatic carbocycles. The molecule has 0 spiro atoms. The van der Waals surface area contributed by atoms with Gasteiger partial charge in [0.05, 0.1) is 10.2 Å². The summed E-state index contributed by atoms with van der Waals surface area (Å²) in [5, 5.41) is 5.80. The maximum atomic E-state index is 12.9. The van der Waals surface area contributed by atoms with E-state index in [0.29, 0.717) is 10.7 Å². The molecule has 1 fully saturated rings. The number of benzene rings is 2. The summed E-state index contributed by atoms with van der Waals surface area (Å²) in [5.74, 6) is -0.934. The first-order valence-electron chi connectivity index (χ1n) is 8.73. The molecule has 28 heavy (non-hydrogen) atoms. The molecule has 8 heteroatoms. The molecule has 1 saturated heterocycles. The summed E-state index contributed by atoms with van der Waals surface area (Å²) in [6, 6.07) is 14.3. The molecule has 0 bridgehead atoms. The lowest BCUT2D eigenvalue weighted by molar-refractivity contribution is -0.133. The number of nitrogens with zero attached hydrogens (tertiary/aromatic N) is 2. The number of amides is 4. The minimum atomic E-state index is -1.19. The Morgan fingerprint density at radius 1 is 1.18 bits per heavy atom. The van der Waals surface area contributed by atoms with E-state index in [0.717, 1.165) is 20.7 Å². The Bertz CT molecular complexity index is 1060. The van der Waals surface area contributed by atoms with E-state index in [9.17, 15) is 14.4 Å². The van der Waals surface area contributed by atoms with Crippen LogP contribution in [0.1, 0.15) is 18.1 Å². The number of aryl methyl sites for hydroxylation is 1. The summed E-state index contributed by atoms with van der Waals surface area (Å²) in [6.45, 7) is 3.21. The van der Waals surface area contributed by atoms with Crippen LogP contribution in [-0.2, 0) is 15.1 Å². The Morgan fingerprint density at radius 2 is 1.89 bits per heavy atom. The van der Waals surface area contributed by atoms with Gasteiger partial charge in [-0.05, 0) is 31.5 Å². The van der Waals surface area contributed by atoms with Crippen molar-refractivity contribution in [3.8, 4) is 0 Å². The molecule has 1 aliphatic rings. The van der Waals surface area contributed by atoms with Gasteiger partial charge in [-0.25, -0.2) is 9.78 Å². The van der Waals surface area contributed by atoms with Crippen LogP contribution in [0, 0.1) is 6.92 Å². The monoisotopic (exact) mass is 394 g/mol. The molecule has 4 amide bonds. The summed E-state index contributed by atoms with van der Waals surface area (Å²) in [4.78, 5) is 42.9. The van der Waals surface area contributed by atoms with Crippen LogP contribution in [0.5, 0.6) is 0 Å². The lowest BCUT2D eigenvalue weighted by Crippen LogP contribution is -2.42. The topological polar surface area (TPSA) is 91.4 Å². The van der Waals surface area contributed by atoms with Crippen LogP contribution in [-0.4, -0.2) is 34.3 Å². The van der Waals surface area contributed by atoms with Crippen molar-refractivity contribution in [3.63, 3.8) is 0 Å². The van der Waals surface area contributed by atoms with Crippen LogP contribution < -0.4 is 10.6 Å². The van der Waals surface area contributed by atoms with Gasteiger partial charge in [0.2, 0.25) is 5.91 Å². The van der Waals surface area contributed by atoms with Crippen LogP contribution in [0.15, 0.2) is 48.5 Å². The van der Waals surface area contributed by atoms with Crippen molar-refractivity contribution in [1.29, 1.82) is 0 Å². The van der Waals surface area contributed by atoms with Crippen molar-refractivity contribution in [3.05, 3.63) is 59.7 Å². The van der Waals surface area contributed by atoms with Crippen LogP contribution in [0.4, 0.5) is 9.93 Å². The summed E-state index contributed by atoms with van der Waals surface area (Å²) >= 11 is 1.34. The van der Waals surface area contributed by atoms with Crippen molar-refractivity contribution in [2.24, 2.45) is 0 Å². The zero-order valence-corrected chi connectivity index (χ0v) is 16.2. The predicted molar refractivity (Wildman–Crippen MR) is 107 cm³/mol. The first-order valence-corrected chi connectivity index (χ1v) is 9.55. The molecule has 1 aromatic heterocycles. The first-order chi connectivity index (χ1) is 13.4. The van der Waals surface area contributed by atoms with E-state index in [2.05, 4.69) is 15.6 Å². The normalized spacial score (nSPS) is 19.1. The highest BCUT2D eigenvalue weighted by Crippen LogP contribution is 2.29. The molecule has 0 saturated carbocycles. The molecule has 2 aromatic carbocycles. The highest BCUT2D eigenvalue weighted by Gasteiger charge is 2.49. The second-order valence-electron chi connectivity index (χ2n) is 6.85. The van der Waals surface area contributed by atoms with Gasteiger partial charge in [0.25, 0.3) is 5.91 Å². The Kier molecular flexibility index (Phi) is 4.35. The summed E-state index contributed by atoms with van der Waals surface area (Å²) in [6.07, 6.45) is 0. The van der Waals surface area contributed by atoms with Crippen molar-refractivity contribution in [1.82, 2.24) is 15.2 Å². The third-order valence-electron chi connectivity index (χ3n) is 4.75. The molecule has 2 heterocycles. The minimum Gasteiger partial charge on any atom is -0.319 e. The SMILES string of the molecule is Cc1ccc([C@]2(C)NC(=O)N(CC(=O)Nc3nc4ccccc4s3)C2=O)cc1. The van der Waals surface area contributed by atoms with Gasteiger partial charge >= 0.3 is 6.03 Å². The molecule has 2 N–H and O–H groups in total. The number of urea groups is 1. The minimum absolute atomic E-state index is 0.373. The molecule has 0 radical (unpaired) electrons. The predicted octanol–water partition coefficient (Wildman–Crippen LogP) is 3.01. The van der Waals surface area contributed by atoms with E-state index >= 15 is 0 Å². The second kappa shape index (κ2) is 6.72. The zero-order valence-electron chi connectivity index (χ0n) is 15.4. The number of carbonyl (C=O) groups is 3. The van der Waals surface area contributed by atoms with Crippen molar-refractivity contribution >= 4 is 44.5 Å². The van der Waals surface area contributed by atoms with Gasteiger partial charge in [-0.15, -0.1) is 0 Å². The van der Waals surface area contributed by atoms with Gasteiger partial charge < -0.3 is 10.6 Å². The van der Waals surface area contributed by atoms with E-state index in [-0.39, 0.29) is 6.54 Å². The number of aromatic nitrogens is 1. The Labute approximate surface area is 165 Å². The van der Waals surface area contributed by atoms with E-state index in [4.69, 9.17) is 0 Å². The number of thiazole rings is 1. The fourth-order valence-electron chi connectivity index (χ4n) is 3.15. The van der Waals surface area contributed by atoms with Crippen LogP contribution in [0.2, 0.25) is 0 Å². The largest absolute Gasteiger partial charge is 0.325 e. The number of anilines is 1. The maximum absolute atomic E-state index is 12.9. The van der Waals surface area contributed by atoms with Crippen molar-refractivity contribution in [2.45, 2.75) is 19.4 Å².